The molecule has 1 aromatic rings. The predicted octanol–water partition coefficient (Wildman–Crippen LogP) is 2.37. The number of rotatable bonds is 1. The van der Waals surface area contributed by atoms with Crippen LogP contribution in [0.4, 0.5) is 0 Å². The summed E-state index contributed by atoms with van der Waals surface area (Å²) < 4.78 is 10.9. The monoisotopic (exact) mass is 190 g/mol. The molecule has 1 aromatic carbocycles. The molecule has 0 amide bonds. The molecule has 0 spiro atoms. The third-order valence-corrected chi connectivity index (χ3v) is 2.27. The van der Waals surface area contributed by atoms with Crippen molar-refractivity contribution in [3.05, 3.63) is 42.3 Å². The molecule has 0 saturated carbocycles. The minimum absolute atomic E-state index is 0.0108. The lowest BCUT2D eigenvalue weighted by Gasteiger charge is -2.27. The van der Waals surface area contributed by atoms with Crippen LogP contribution in [0.1, 0.15) is 17.4 Å². The van der Waals surface area contributed by atoms with Crippen LogP contribution in [-0.2, 0) is 9.47 Å². The van der Waals surface area contributed by atoms with E-state index in [2.05, 4.69) is 19.1 Å². The average molecular weight is 190 g/mol. The second-order valence-electron chi connectivity index (χ2n) is 3.67. The Balaban J connectivity index is 2.05. The first kappa shape index (κ1) is 9.69. The molecule has 2 heteroatoms. The fourth-order valence-electron chi connectivity index (χ4n) is 1.43. The summed E-state index contributed by atoms with van der Waals surface area (Å²) in [4.78, 5) is 0. The number of hydrogen-bond donors (Lipinski definition) is 0. The van der Waals surface area contributed by atoms with E-state index in [4.69, 9.17) is 16.4 Å². The maximum absolute atomic E-state index is 5.65. The van der Waals surface area contributed by atoms with E-state index in [-0.39, 0.29) is 12.2 Å². The van der Waals surface area contributed by atoms with Crippen molar-refractivity contribution in [3.63, 3.8) is 0 Å². The highest BCUT2D eigenvalue weighted by molar-refractivity contribution is 5.22. The normalized spacial score (nSPS) is 27.6. The molecule has 1 heterocycles. The van der Waals surface area contributed by atoms with Crippen molar-refractivity contribution in [2.75, 3.05) is 13.2 Å². The van der Waals surface area contributed by atoms with Gasteiger partial charge in [0.05, 0.1) is 13.2 Å². The largest absolute Gasteiger partial charge is 0.348 e. The number of hydrogen-bond acceptors (Lipinski definition) is 2. The maximum atomic E-state index is 5.65. The summed E-state index contributed by atoms with van der Waals surface area (Å²) in [6.45, 7) is 8.84. The summed E-state index contributed by atoms with van der Waals surface area (Å²) in [6, 6.07) is 8.15. The van der Waals surface area contributed by atoms with Gasteiger partial charge < -0.3 is 9.47 Å². The Labute approximate surface area is 84.8 Å². The Morgan fingerprint density at radius 1 is 1.14 bits per heavy atom. The van der Waals surface area contributed by atoms with E-state index in [1.54, 1.807) is 0 Å². The minimum Gasteiger partial charge on any atom is -0.348 e. The van der Waals surface area contributed by atoms with E-state index in [0.717, 1.165) is 5.56 Å². The van der Waals surface area contributed by atoms with Gasteiger partial charge in [-0.15, -0.1) is 0 Å². The zero-order valence-electron chi connectivity index (χ0n) is 8.27. The highest BCUT2D eigenvalue weighted by atomic mass is 16.7. The van der Waals surface area contributed by atoms with E-state index >= 15 is 0 Å². The van der Waals surface area contributed by atoms with Gasteiger partial charge in [0.25, 0.3) is 0 Å². The third kappa shape index (κ3) is 2.14. The Bertz CT molecular complexity index is 284. The fraction of sp³-hybridized carbons (Fsp3) is 0.417. The van der Waals surface area contributed by atoms with Crippen molar-refractivity contribution in [2.24, 2.45) is 5.92 Å². The lowest BCUT2D eigenvalue weighted by molar-refractivity contribution is -0.198. The van der Waals surface area contributed by atoms with E-state index in [9.17, 15) is 0 Å². The standard InChI is InChI=1S/C12H14O2/c1-9-3-5-11(6-4-9)12-13-7-10(2)8-14-12/h2-6,10,12H,7-8H2,1H3. The molecule has 74 valence electrons. The average Bonchev–Trinajstić information content (AvgIpc) is 2.21. The van der Waals surface area contributed by atoms with Crippen LogP contribution in [0.5, 0.6) is 0 Å². The first-order valence-corrected chi connectivity index (χ1v) is 4.81. The molecule has 1 saturated heterocycles. The van der Waals surface area contributed by atoms with E-state index < -0.39 is 0 Å². The van der Waals surface area contributed by atoms with Gasteiger partial charge in [0.15, 0.2) is 6.29 Å². The zero-order valence-corrected chi connectivity index (χ0v) is 8.27. The second-order valence-corrected chi connectivity index (χ2v) is 3.67. The Morgan fingerprint density at radius 2 is 1.71 bits per heavy atom. The Morgan fingerprint density at radius 3 is 2.29 bits per heavy atom. The van der Waals surface area contributed by atoms with Crippen LogP contribution in [0, 0.1) is 19.8 Å². The molecule has 0 unspecified atom stereocenters. The van der Waals surface area contributed by atoms with Gasteiger partial charge in [-0.2, -0.15) is 0 Å². The summed E-state index contributed by atoms with van der Waals surface area (Å²) in [5.41, 5.74) is 2.30. The lowest BCUT2D eigenvalue weighted by atomic mass is 10.1. The lowest BCUT2D eigenvalue weighted by Crippen LogP contribution is -2.25. The van der Waals surface area contributed by atoms with Crippen LogP contribution in [0.25, 0.3) is 0 Å². The van der Waals surface area contributed by atoms with Gasteiger partial charge in [-0.05, 0) is 13.8 Å². The molecule has 0 N–H and O–H groups in total. The van der Waals surface area contributed by atoms with Crippen molar-refractivity contribution in [3.8, 4) is 0 Å². The highest BCUT2D eigenvalue weighted by Gasteiger charge is 2.20. The van der Waals surface area contributed by atoms with E-state index in [1.807, 2.05) is 12.1 Å². The van der Waals surface area contributed by atoms with Gasteiger partial charge in [-0.25, -0.2) is 0 Å². The summed E-state index contributed by atoms with van der Waals surface area (Å²) in [7, 11) is 0. The van der Waals surface area contributed by atoms with Gasteiger partial charge in [-0.1, -0.05) is 29.8 Å². The summed E-state index contributed by atoms with van der Waals surface area (Å²) in [6.07, 6.45) is -0.240. The third-order valence-electron chi connectivity index (χ3n) is 2.27. The minimum atomic E-state index is -0.240. The molecule has 2 rings (SSSR count). The maximum Gasteiger partial charge on any atom is 0.183 e. The highest BCUT2D eigenvalue weighted by Crippen LogP contribution is 2.24. The van der Waals surface area contributed by atoms with Crippen LogP contribution >= 0.6 is 0 Å². The van der Waals surface area contributed by atoms with Crippen molar-refractivity contribution < 1.29 is 9.47 Å². The second kappa shape index (κ2) is 4.11. The van der Waals surface area contributed by atoms with Gasteiger partial charge in [0, 0.05) is 11.5 Å². The first-order valence-electron chi connectivity index (χ1n) is 4.81. The molecule has 2 radical (unpaired) electrons. The van der Waals surface area contributed by atoms with Crippen molar-refractivity contribution >= 4 is 0 Å². The molecule has 1 aliphatic rings. The Hall–Kier alpha value is -0.860. The molecule has 0 aromatic heterocycles. The molecule has 2 nitrogen and oxygen atoms in total. The summed E-state index contributed by atoms with van der Waals surface area (Å²) in [5.74, 6) is 0.0108. The molecular formula is C12H14O2. The SMILES string of the molecule is [CH]C1COC(c2ccc(C)cc2)OC1. The van der Waals surface area contributed by atoms with Crippen LogP contribution in [0.2, 0.25) is 0 Å². The van der Waals surface area contributed by atoms with Gasteiger partial charge in [0.1, 0.15) is 0 Å². The smallest absolute Gasteiger partial charge is 0.183 e. The fourth-order valence-corrected chi connectivity index (χ4v) is 1.43. The first-order chi connectivity index (χ1) is 6.75. The number of benzene rings is 1. The van der Waals surface area contributed by atoms with Gasteiger partial charge in [0.2, 0.25) is 0 Å². The molecule has 0 atom stereocenters. The van der Waals surface area contributed by atoms with Crippen molar-refractivity contribution in [1.82, 2.24) is 0 Å². The van der Waals surface area contributed by atoms with Gasteiger partial charge >= 0.3 is 0 Å². The Kier molecular flexibility index (Phi) is 2.85. The van der Waals surface area contributed by atoms with Gasteiger partial charge in [-0.3, -0.25) is 0 Å². The molecule has 14 heavy (non-hydrogen) atoms. The van der Waals surface area contributed by atoms with Crippen LogP contribution < -0.4 is 0 Å². The molecule has 0 bridgehead atoms. The number of ether oxygens (including phenoxy) is 2. The van der Waals surface area contributed by atoms with Crippen LogP contribution in [-0.4, -0.2) is 13.2 Å². The molecule has 1 aliphatic heterocycles. The molecule has 1 fully saturated rings. The number of aryl methyl sites for hydroxylation is 1. The molecular weight excluding hydrogens is 176 g/mol. The quantitative estimate of drug-likeness (QED) is 0.676. The summed E-state index contributed by atoms with van der Waals surface area (Å²) in [5, 5.41) is 0. The van der Waals surface area contributed by atoms with Crippen molar-refractivity contribution in [2.45, 2.75) is 13.2 Å². The van der Waals surface area contributed by atoms with E-state index in [1.165, 1.54) is 5.56 Å². The van der Waals surface area contributed by atoms with Crippen LogP contribution in [0.15, 0.2) is 24.3 Å². The summed E-state index contributed by atoms with van der Waals surface area (Å²) >= 11 is 0. The van der Waals surface area contributed by atoms with Crippen molar-refractivity contribution in [1.29, 1.82) is 0 Å². The molecule has 0 aliphatic carbocycles. The van der Waals surface area contributed by atoms with E-state index in [0.29, 0.717) is 13.2 Å². The predicted molar refractivity (Wildman–Crippen MR) is 53.6 cm³/mol. The van der Waals surface area contributed by atoms with Crippen LogP contribution in [0.3, 0.4) is 0 Å². The topological polar surface area (TPSA) is 18.5 Å². The zero-order chi connectivity index (χ0) is 9.97.